The second-order valence-corrected chi connectivity index (χ2v) is 6.61. The normalized spacial score (nSPS) is 17.3. The molecule has 0 radical (unpaired) electrons. The Morgan fingerprint density at radius 1 is 1.21 bits per heavy atom. The zero-order valence-corrected chi connectivity index (χ0v) is 12.2. The summed E-state index contributed by atoms with van der Waals surface area (Å²) < 4.78 is 0. The maximum Gasteiger partial charge on any atom is 0.163 e. The van der Waals surface area contributed by atoms with Gasteiger partial charge in [0.2, 0.25) is 0 Å². The lowest BCUT2D eigenvalue weighted by Crippen LogP contribution is -2.15. The van der Waals surface area contributed by atoms with E-state index < -0.39 is 0 Å². The van der Waals surface area contributed by atoms with E-state index in [0.717, 1.165) is 11.3 Å². The highest BCUT2D eigenvalue weighted by molar-refractivity contribution is 8.00. The van der Waals surface area contributed by atoms with Gasteiger partial charge in [0.05, 0.1) is 0 Å². The lowest BCUT2D eigenvalue weighted by molar-refractivity contribution is -0.115. The first-order valence-corrected chi connectivity index (χ1v) is 7.62. The summed E-state index contributed by atoms with van der Waals surface area (Å²) >= 11 is 1.68. The molecule has 0 aliphatic heterocycles. The van der Waals surface area contributed by atoms with Gasteiger partial charge in [-0.15, -0.1) is 11.8 Å². The van der Waals surface area contributed by atoms with E-state index >= 15 is 0 Å². The van der Waals surface area contributed by atoms with Gasteiger partial charge >= 0.3 is 0 Å². The molecule has 1 aromatic carbocycles. The number of rotatable bonds is 5. The summed E-state index contributed by atoms with van der Waals surface area (Å²) in [4.78, 5) is 13.1. The molecule has 0 spiro atoms. The fourth-order valence-electron chi connectivity index (χ4n) is 2.34. The highest BCUT2D eigenvalue weighted by Crippen LogP contribution is 2.37. The summed E-state index contributed by atoms with van der Waals surface area (Å²) in [6, 6.07) is 10.1. The number of benzene rings is 1. The summed E-state index contributed by atoms with van der Waals surface area (Å²) in [5.41, 5.74) is 0.655. The van der Waals surface area contributed by atoms with Gasteiger partial charge in [0.25, 0.3) is 0 Å². The number of thioether (sulfide) groups is 1. The van der Waals surface area contributed by atoms with Crippen LogP contribution < -0.4 is 0 Å². The van der Waals surface area contributed by atoms with Crippen molar-refractivity contribution in [2.45, 2.75) is 43.3 Å². The zero-order chi connectivity index (χ0) is 13.8. The Labute approximate surface area is 118 Å². The highest BCUT2D eigenvalue weighted by atomic mass is 32.2. The quantitative estimate of drug-likeness (QED) is 0.811. The van der Waals surface area contributed by atoms with E-state index in [0.29, 0.717) is 30.1 Å². The molecule has 0 saturated heterocycles. The molecule has 0 heterocycles. The predicted octanol–water partition coefficient (Wildman–Crippen LogP) is 4.37. The predicted molar refractivity (Wildman–Crippen MR) is 79.4 cm³/mol. The first-order valence-electron chi connectivity index (χ1n) is 6.75. The molecule has 1 aromatic rings. The molecule has 0 aromatic heterocycles. The van der Waals surface area contributed by atoms with Crippen LogP contribution in [-0.2, 0) is 4.79 Å². The molecule has 0 saturated carbocycles. The Balaban J connectivity index is 2.21. The van der Waals surface area contributed by atoms with Crippen LogP contribution in [0, 0.1) is 5.92 Å². The largest absolute Gasteiger partial charge is 0.512 e. The molecule has 1 atom stereocenters. The van der Waals surface area contributed by atoms with Crippen molar-refractivity contribution < 1.29 is 9.90 Å². The summed E-state index contributed by atoms with van der Waals surface area (Å²) in [5.74, 6) is 0.917. The smallest absolute Gasteiger partial charge is 0.163 e. The van der Waals surface area contributed by atoms with E-state index in [4.69, 9.17) is 0 Å². The number of hydrogen-bond acceptors (Lipinski definition) is 3. The fourth-order valence-corrected chi connectivity index (χ4v) is 3.85. The van der Waals surface area contributed by atoms with Crippen LogP contribution in [0.5, 0.6) is 0 Å². The van der Waals surface area contributed by atoms with Crippen molar-refractivity contribution in [1.29, 1.82) is 0 Å². The van der Waals surface area contributed by atoms with Gasteiger partial charge in [0.15, 0.2) is 5.78 Å². The third-order valence-electron chi connectivity index (χ3n) is 3.23. The lowest BCUT2D eigenvalue weighted by atomic mass is 10.0. The fraction of sp³-hybridized carbons (Fsp3) is 0.438. The Morgan fingerprint density at radius 2 is 1.89 bits per heavy atom. The number of ketones is 1. The van der Waals surface area contributed by atoms with Crippen LogP contribution in [0.2, 0.25) is 0 Å². The second kappa shape index (κ2) is 6.29. The molecular weight excluding hydrogens is 256 g/mol. The first-order chi connectivity index (χ1) is 9.08. The zero-order valence-electron chi connectivity index (χ0n) is 11.4. The van der Waals surface area contributed by atoms with Gasteiger partial charge in [-0.3, -0.25) is 4.79 Å². The van der Waals surface area contributed by atoms with Crippen molar-refractivity contribution in [3.05, 3.63) is 41.7 Å². The van der Waals surface area contributed by atoms with E-state index in [2.05, 4.69) is 26.0 Å². The topological polar surface area (TPSA) is 37.3 Å². The first kappa shape index (κ1) is 14.2. The van der Waals surface area contributed by atoms with Crippen molar-refractivity contribution in [2.75, 3.05) is 0 Å². The van der Waals surface area contributed by atoms with E-state index in [1.807, 2.05) is 18.2 Å². The summed E-state index contributed by atoms with van der Waals surface area (Å²) in [6.07, 6.45) is 1.88. The van der Waals surface area contributed by atoms with E-state index in [1.165, 1.54) is 0 Å². The van der Waals surface area contributed by atoms with Gasteiger partial charge in [-0.2, -0.15) is 0 Å². The monoisotopic (exact) mass is 276 g/mol. The number of carbonyl (C=O) groups excluding carboxylic acids is 1. The Kier molecular flexibility index (Phi) is 4.70. The molecule has 1 N–H and O–H groups in total. The minimum atomic E-state index is 0.0670. The molecule has 2 nitrogen and oxygen atoms in total. The minimum Gasteiger partial charge on any atom is -0.512 e. The molecule has 0 bridgehead atoms. The molecule has 1 aliphatic carbocycles. The van der Waals surface area contributed by atoms with Crippen molar-refractivity contribution >= 4 is 17.5 Å². The highest BCUT2D eigenvalue weighted by Gasteiger charge is 2.30. The molecule has 3 heteroatoms. The molecule has 19 heavy (non-hydrogen) atoms. The number of allylic oxidation sites excluding steroid dienone is 1. The summed E-state index contributed by atoms with van der Waals surface area (Å²) in [7, 11) is 0. The van der Waals surface area contributed by atoms with Crippen molar-refractivity contribution in [3.63, 3.8) is 0 Å². The average molecular weight is 276 g/mol. The molecule has 102 valence electrons. The standard InChI is InChI=1S/C16H20O2S/c1-11(2)10-15(16-13(17)8-9-14(16)18)19-12-6-4-3-5-7-12/h3-7,11,15,17H,8-10H2,1-2H3. The maximum absolute atomic E-state index is 12.0. The molecule has 1 unspecified atom stereocenters. The van der Waals surface area contributed by atoms with Crippen LogP contribution in [0.25, 0.3) is 0 Å². The molecular formula is C16H20O2S. The van der Waals surface area contributed by atoms with Crippen molar-refractivity contribution in [3.8, 4) is 0 Å². The molecule has 1 aliphatic rings. The van der Waals surface area contributed by atoms with E-state index in [9.17, 15) is 9.90 Å². The maximum atomic E-state index is 12.0. The Morgan fingerprint density at radius 3 is 2.42 bits per heavy atom. The van der Waals surface area contributed by atoms with Crippen LogP contribution in [0.1, 0.15) is 33.1 Å². The van der Waals surface area contributed by atoms with E-state index in [1.54, 1.807) is 11.8 Å². The van der Waals surface area contributed by atoms with Crippen LogP contribution in [0.3, 0.4) is 0 Å². The number of carbonyl (C=O) groups is 1. The summed E-state index contributed by atoms with van der Waals surface area (Å²) in [6.45, 7) is 4.30. The van der Waals surface area contributed by atoms with Gasteiger partial charge in [-0.05, 0) is 24.5 Å². The minimum absolute atomic E-state index is 0.0670. The molecule has 0 fully saturated rings. The van der Waals surface area contributed by atoms with Crippen LogP contribution in [0.15, 0.2) is 46.6 Å². The van der Waals surface area contributed by atoms with E-state index in [-0.39, 0.29) is 11.0 Å². The Hall–Kier alpha value is -1.22. The molecule has 2 rings (SSSR count). The third-order valence-corrected chi connectivity index (χ3v) is 4.49. The van der Waals surface area contributed by atoms with Gasteiger partial charge in [-0.1, -0.05) is 32.0 Å². The Bertz CT molecular complexity index is 477. The average Bonchev–Trinajstić information content (AvgIpc) is 2.69. The van der Waals surface area contributed by atoms with Crippen LogP contribution in [-0.4, -0.2) is 16.1 Å². The second-order valence-electron chi connectivity index (χ2n) is 5.33. The number of hydrogen-bond donors (Lipinski definition) is 1. The number of aliphatic hydroxyl groups excluding tert-OH is 1. The van der Waals surface area contributed by atoms with Gasteiger partial charge in [0.1, 0.15) is 5.76 Å². The van der Waals surface area contributed by atoms with Gasteiger partial charge in [-0.25, -0.2) is 0 Å². The number of Topliss-reactive ketones (excluding diaryl/α,β-unsaturated/α-hetero) is 1. The number of aliphatic hydroxyl groups is 1. The SMILES string of the molecule is CC(C)CC(Sc1ccccc1)C1=C(O)CCC1=O. The van der Waals surface area contributed by atoms with Crippen LogP contribution >= 0.6 is 11.8 Å². The van der Waals surface area contributed by atoms with Gasteiger partial charge < -0.3 is 5.11 Å². The van der Waals surface area contributed by atoms with Gasteiger partial charge in [0, 0.05) is 28.6 Å². The van der Waals surface area contributed by atoms with Crippen LogP contribution in [0.4, 0.5) is 0 Å². The summed E-state index contributed by atoms with van der Waals surface area (Å²) in [5, 5.41) is 10.0. The molecule has 0 amide bonds. The lowest BCUT2D eigenvalue weighted by Gasteiger charge is -2.19. The van der Waals surface area contributed by atoms with Crippen molar-refractivity contribution in [1.82, 2.24) is 0 Å². The third kappa shape index (κ3) is 3.63. The van der Waals surface area contributed by atoms with Crippen molar-refractivity contribution in [2.24, 2.45) is 5.92 Å².